The minimum atomic E-state index is -0.931. The van der Waals surface area contributed by atoms with E-state index >= 15 is 0 Å². The molecule has 0 heterocycles. The Morgan fingerprint density at radius 2 is 1.43 bits per heavy atom. The van der Waals surface area contributed by atoms with Gasteiger partial charge < -0.3 is 4.79 Å². The average Bonchev–Trinajstić information content (AvgIpc) is 1.33. The quantitative estimate of drug-likeness (QED) is 0.539. The molecule has 0 fully saturated rings. The summed E-state index contributed by atoms with van der Waals surface area (Å²) in [5.41, 5.74) is 0. The number of hydrogen-bond acceptors (Lipinski definition) is 1. The summed E-state index contributed by atoms with van der Waals surface area (Å²) in [5, 5.41) is 0. The summed E-state index contributed by atoms with van der Waals surface area (Å²) in [7, 11) is 9.90. The molecule has 0 saturated carbocycles. The second-order valence-corrected chi connectivity index (χ2v) is 5.63. The molecule has 40 valence electrons. The Morgan fingerprint density at radius 3 is 1.43 bits per heavy atom. The summed E-state index contributed by atoms with van der Waals surface area (Å²) < 4.78 is 0. The molecule has 0 aromatic heterocycles. The van der Waals surface area contributed by atoms with Crippen LogP contribution < -0.4 is 0 Å². The monoisotopic (exact) mass is 192 g/mol. The Balaban J connectivity index is 0. The van der Waals surface area contributed by atoms with Gasteiger partial charge in [-0.15, -0.1) is 0 Å². The van der Waals surface area contributed by atoms with Crippen molar-refractivity contribution in [1.29, 1.82) is 0 Å². The van der Waals surface area contributed by atoms with Crippen LogP contribution in [-0.2, 0) is 19.9 Å². The Kier molecular flexibility index (Phi) is 15.4. The molecule has 0 aromatic rings. The van der Waals surface area contributed by atoms with E-state index in [1.807, 2.05) is 0 Å². The van der Waals surface area contributed by atoms with Crippen LogP contribution in [0.5, 0.6) is 0 Å². The van der Waals surface area contributed by atoms with Gasteiger partial charge in [-0.2, -0.15) is 0 Å². The van der Waals surface area contributed by atoms with Crippen LogP contribution in [-0.4, -0.2) is 5.78 Å². The number of Topliss-reactive ketones (excluding diaryl/α,β-unsaturated/α-hetero) is 1. The Labute approximate surface area is 59.1 Å². The van der Waals surface area contributed by atoms with Gasteiger partial charge in [0.25, 0.3) is 0 Å². The average molecular weight is 194 g/mol. The van der Waals surface area contributed by atoms with Crippen LogP contribution >= 0.6 is 19.4 Å². The van der Waals surface area contributed by atoms with E-state index in [4.69, 9.17) is 19.4 Å². The molecule has 1 nitrogen and oxygen atoms in total. The zero-order valence-corrected chi connectivity index (χ0v) is 8.85. The Hall–Kier alpha value is 0.873. The van der Waals surface area contributed by atoms with Crippen LogP contribution in [0.3, 0.4) is 0 Å². The van der Waals surface area contributed by atoms with Crippen LogP contribution in [0.4, 0.5) is 0 Å². The van der Waals surface area contributed by atoms with Crippen molar-refractivity contribution < 1.29 is 19.9 Å². The minimum absolute atomic E-state index is 0.167. The second-order valence-electron chi connectivity index (χ2n) is 1.01. The van der Waals surface area contributed by atoms with E-state index in [0.29, 0.717) is 0 Å². The molecule has 0 saturated heterocycles. The maximum absolute atomic E-state index is 9.44. The molecule has 0 aliphatic heterocycles. The number of hydrogen-bond donors (Lipinski definition) is 0. The van der Waals surface area contributed by atoms with Crippen molar-refractivity contribution in [1.82, 2.24) is 0 Å². The van der Waals surface area contributed by atoms with E-state index in [-0.39, 0.29) is 5.78 Å². The Bertz CT molecular complexity index is 44.2. The molecule has 0 radical (unpaired) electrons. The molecular weight excluding hydrogens is 188 g/mol. The number of carbonyl (C=O) groups excluding carboxylic acids is 1. The molecule has 0 unspecified atom stereocenters. The first-order valence-corrected chi connectivity index (χ1v) is 9.54. The van der Waals surface area contributed by atoms with Gasteiger partial charge in [0.1, 0.15) is 5.78 Å². The molecular formula is C3H6Cl2OZn. The first-order valence-electron chi connectivity index (χ1n) is 1.74. The summed E-state index contributed by atoms with van der Waals surface area (Å²) in [5.74, 6) is 0.167. The molecule has 0 spiro atoms. The van der Waals surface area contributed by atoms with Gasteiger partial charge in [-0.1, -0.05) is 0 Å². The number of ketones is 1. The molecule has 0 amide bonds. The zero-order valence-electron chi connectivity index (χ0n) is 4.37. The predicted octanol–water partition coefficient (Wildman–Crippen LogP) is 1.97. The van der Waals surface area contributed by atoms with Crippen LogP contribution in [0.2, 0.25) is 0 Å². The predicted molar refractivity (Wildman–Crippen MR) is 28.1 cm³/mol. The van der Waals surface area contributed by atoms with Gasteiger partial charge in [-0.25, -0.2) is 0 Å². The van der Waals surface area contributed by atoms with E-state index in [2.05, 4.69) is 0 Å². The van der Waals surface area contributed by atoms with Crippen LogP contribution in [0.25, 0.3) is 0 Å². The fourth-order valence-electron chi connectivity index (χ4n) is 0. The van der Waals surface area contributed by atoms with Crippen molar-refractivity contribution >= 4 is 25.2 Å². The van der Waals surface area contributed by atoms with Crippen molar-refractivity contribution in [3.05, 3.63) is 0 Å². The normalized spacial score (nSPS) is 5.14. The first kappa shape index (κ1) is 10.8. The zero-order chi connectivity index (χ0) is 6.28. The SMILES string of the molecule is CC(C)=O.[Cl][Zn][Cl]. The van der Waals surface area contributed by atoms with E-state index in [1.54, 1.807) is 0 Å². The van der Waals surface area contributed by atoms with Crippen molar-refractivity contribution in [2.45, 2.75) is 13.8 Å². The number of rotatable bonds is 0. The van der Waals surface area contributed by atoms with Gasteiger partial charge in [0, 0.05) is 0 Å². The van der Waals surface area contributed by atoms with E-state index in [9.17, 15) is 4.79 Å². The third-order valence-corrected chi connectivity index (χ3v) is 0. The van der Waals surface area contributed by atoms with Crippen LogP contribution in [0.15, 0.2) is 0 Å². The summed E-state index contributed by atoms with van der Waals surface area (Å²) in [6.07, 6.45) is 0. The van der Waals surface area contributed by atoms with Crippen molar-refractivity contribution in [2.24, 2.45) is 0 Å². The standard InChI is InChI=1S/C3H6O.2ClH.Zn/c1-3(2)4;;;/h1-2H3;2*1H;/q;;;+2/p-2. The van der Waals surface area contributed by atoms with E-state index < -0.39 is 15.1 Å². The van der Waals surface area contributed by atoms with Gasteiger partial charge in [-0.05, 0) is 13.8 Å². The molecule has 4 heteroatoms. The molecule has 0 aromatic carbocycles. The Morgan fingerprint density at radius 1 is 1.43 bits per heavy atom. The first-order chi connectivity index (χ1) is 3.15. The number of halogens is 2. The fourth-order valence-corrected chi connectivity index (χ4v) is 0. The molecule has 7 heavy (non-hydrogen) atoms. The molecule has 0 bridgehead atoms. The van der Waals surface area contributed by atoms with Gasteiger partial charge in [0.15, 0.2) is 0 Å². The summed E-state index contributed by atoms with van der Waals surface area (Å²) in [6, 6.07) is 0. The van der Waals surface area contributed by atoms with Crippen molar-refractivity contribution in [2.75, 3.05) is 0 Å². The maximum atomic E-state index is 9.44. The van der Waals surface area contributed by atoms with E-state index in [0.717, 1.165) is 0 Å². The fraction of sp³-hybridized carbons (Fsp3) is 0.667. The molecule has 0 atom stereocenters. The second kappa shape index (κ2) is 9.98. The van der Waals surface area contributed by atoms with E-state index in [1.165, 1.54) is 13.8 Å². The molecule has 0 aliphatic carbocycles. The summed E-state index contributed by atoms with van der Waals surface area (Å²) in [6.45, 7) is 3.06. The molecule has 0 N–H and O–H groups in total. The summed E-state index contributed by atoms with van der Waals surface area (Å²) in [4.78, 5) is 9.44. The van der Waals surface area contributed by atoms with Gasteiger partial charge in [0.2, 0.25) is 0 Å². The van der Waals surface area contributed by atoms with Gasteiger partial charge >= 0.3 is 34.5 Å². The third kappa shape index (κ3) is 214. The number of carbonyl (C=O) groups is 1. The third-order valence-electron chi connectivity index (χ3n) is 0. The topological polar surface area (TPSA) is 17.1 Å². The van der Waals surface area contributed by atoms with Crippen molar-refractivity contribution in [3.8, 4) is 0 Å². The summed E-state index contributed by atoms with van der Waals surface area (Å²) >= 11 is -0.931. The van der Waals surface area contributed by atoms with Crippen LogP contribution in [0, 0.1) is 0 Å². The molecule has 0 aliphatic rings. The van der Waals surface area contributed by atoms with Gasteiger partial charge in [0.05, 0.1) is 0 Å². The van der Waals surface area contributed by atoms with Gasteiger partial charge in [-0.3, -0.25) is 0 Å². The van der Waals surface area contributed by atoms with Crippen LogP contribution in [0.1, 0.15) is 13.8 Å². The molecule has 0 rings (SSSR count). The van der Waals surface area contributed by atoms with Crippen molar-refractivity contribution in [3.63, 3.8) is 0 Å².